The van der Waals surface area contributed by atoms with Gasteiger partial charge in [0.05, 0.1) is 13.7 Å². The van der Waals surface area contributed by atoms with E-state index >= 15 is 0 Å². The van der Waals surface area contributed by atoms with Crippen LogP contribution in [0.4, 0.5) is 5.69 Å². The number of aliphatic hydroxyl groups is 1. The smallest absolute Gasteiger partial charge is 0.313 e. The van der Waals surface area contributed by atoms with Crippen LogP contribution in [-0.4, -0.2) is 30.6 Å². The van der Waals surface area contributed by atoms with Crippen molar-refractivity contribution in [2.75, 3.05) is 19.0 Å². The van der Waals surface area contributed by atoms with Crippen LogP contribution in [-0.2, 0) is 15.2 Å². The molecule has 0 aliphatic rings. The Balaban J connectivity index is 1.90. The van der Waals surface area contributed by atoms with E-state index in [1.165, 1.54) is 0 Å². The minimum atomic E-state index is -1.27. The molecule has 0 aliphatic carbocycles. The van der Waals surface area contributed by atoms with Crippen LogP contribution in [0.3, 0.4) is 0 Å². The number of carbonyl (C=O) groups excluding carboxylic acids is 2. The number of hydrogen-bond donors (Lipinski definition) is 3. The number of rotatable bonds is 5. The third-order valence-electron chi connectivity index (χ3n) is 3.54. The van der Waals surface area contributed by atoms with E-state index in [1.807, 2.05) is 6.07 Å². The summed E-state index contributed by atoms with van der Waals surface area (Å²) in [5, 5.41) is 15.3. The number of benzene rings is 2. The lowest BCUT2D eigenvalue weighted by molar-refractivity contribution is -0.136. The third-order valence-corrected chi connectivity index (χ3v) is 3.54. The zero-order valence-corrected chi connectivity index (χ0v) is 13.6. The Hall–Kier alpha value is -2.86. The van der Waals surface area contributed by atoms with Crippen molar-refractivity contribution >= 4 is 17.5 Å². The summed E-state index contributed by atoms with van der Waals surface area (Å²) in [5.74, 6) is -0.970. The fraction of sp³-hybridized carbons (Fsp3) is 0.222. The molecule has 6 nitrogen and oxygen atoms in total. The normalized spacial score (nSPS) is 12.8. The molecule has 0 unspecified atom stereocenters. The molecular weight excluding hydrogens is 308 g/mol. The average Bonchev–Trinajstić information content (AvgIpc) is 2.61. The monoisotopic (exact) mass is 328 g/mol. The van der Waals surface area contributed by atoms with E-state index in [9.17, 15) is 14.7 Å². The van der Waals surface area contributed by atoms with Crippen LogP contribution in [0, 0.1) is 0 Å². The lowest BCUT2D eigenvalue weighted by Crippen LogP contribution is -2.43. The Bertz CT molecular complexity index is 697. The summed E-state index contributed by atoms with van der Waals surface area (Å²) >= 11 is 0. The van der Waals surface area contributed by atoms with Gasteiger partial charge in [0.25, 0.3) is 0 Å². The van der Waals surface area contributed by atoms with Gasteiger partial charge in [0.15, 0.2) is 0 Å². The molecule has 0 radical (unpaired) electrons. The van der Waals surface area contributed by atoms with Crippen LogP contribution >= 0.6 is 0 Å². The van der Waals surface area contributed by atoms with Gasteiger partial charge in [-0.15, -0.1) is 0 Å². The molecular formula is C18H20N2O4. The summed E-state index contributed by atoms with van der Waals surface area (Å²) in [4.78, 5) is 23.8. The molecule has 0 aliphatic heterocycles. The maximum Gasteiger partial charge on any atom is 0.313 e. The molecule has 0 spiro atoms. The largest absolute Gasteiger partial charge is 0.497 e. The van der Waals surface area contributed by atoms with Crippen LogP contribution in [0.25, 0.3) is 0 Å². The number of methoxy groups -OCH3 is 1. The van der Waals surface area contributed by atoms with Crippen molar-refractivity contribution in [1.29, 1.82) is 0 Å². The number of carbonyl (C=O) groups is 2. The molecule has 0 heterocycles. The Kier molecular flexibility index (Phi) is 5.55. The van der Waals surface area contributed by atoms with Gasteiger partial charge in [0.2, 0.25) is 0 Å². The minimum Gasteiger partial charge on any atom is -0.497 e. The van der Waals surface area contributed by atoms with Crippen molar-refractivity contribution in [1.82, 2.24) is 5.32 Å². The molecule has 6 heteroatoms. The van der Waals surface area contributed by atoms with E-state index < -0.39 is 17.4 Å². The molecule has 1 atom stereocenters. The first kappa shape index (κ1) is 17.5. The maximum absolute atomic E-state index is 11.9. The van der Waals surface area contributed by atoms with Crippen LogP contribution in [0.2, 0.25) is 0 Å². The Morgan fingerprint density at radius 1 is 1.04 bits per heavy atom. The van der Waals surface area contributed by atoms with Gasteiger partial charge in [-0.25, -0.2) is 0 Å². The molecule has 2 aromatic rings. The van der Waals surface area contributed by atoms with Crippen LogP contribution in [0.5, 0.6) is 5.75 Å². The Morgan fingerprint density at radius 3 is 2.25 bits per heavy atom. The maximum atomic E-state index is 11.9. The second-order valence-electron chi connectivity index (χ2n) is 5.51. The summed E-state index contributed by atoms with van der Waals surface area (Å²) in [7, 11) is 1.54. The van der Waals surface area contributed by atoms with Crippen LogP contribution in [0.15, 0.2) is 54.6 Å². The summed E-state index contributed by atoms with van der Waals surface area (Å²) < 4.78 is 5.02. The van der Waals surface area contributed by atoms with Crippen molar-refractivity contribution in [3.63, 3.8) is 0 Å². The average molecular weight is 328 g/mol. The van der Waals surface area contributed by atoms with Gasteiger partial charge in [0, 0.05) is 5.69 Å². The van der Waals surface area contributed by atoms with Crippen molar-refractivity contribution in [3.8, 4) is 5.75 Å². The van der Waals surface area contributed by atoms with Gasteiger partial charge in [0.1, 0.15) is 11.4 Å². The van der Waals surface area contributed by atoms with Crippen LogP contribution in [0.1, 0.15) is 12.5 Å². The zero-order valence-electron chi connectivity index (χ0n) is 13.6. The minimum absolute atomic E-state index is 0.0775. The first-order chi connectivity index (χ1) is 11.4. The van der Waals surface area contributed by atoms with Gasteiger partial charge >= 0.3 is 11.8 Å². The molecule has 24 heavy (non-hydrogen) atoms. The van der Waals surface area contributed by atoms with Gasteiger partial charge in [-0.05, 0) is 36.8 Å². The summed E-state index contributed by atoms with van der Waals surface area (Å²) in [5.41, 5.74) is -0.135. The highest BCUT2D eigenvalue weighted by atomic mass is 16.5. The molecule has 0 fully saturated rings. The van der Waals surface area contributed by atoms with E-state index in [0.717, 1.165) is 0 Å². The van der Waals surface area contributed by atoms with E-state index in [2.05, 4.69) is 10.6 Å². The number of hydrogen-bond acceptors (Lipinski definition) is 4. The van der Waals surface area contributed by atoms with E-state index in [4.69, 9.17) is 4.74 Å². The van der Waals surface area contributed by atoms with Gasteiger partial charge in [-0.3, -0.25) is 9.59 Å². The quantitative estimate of drug-likeness (QED) is 0.729. The van der Waals surface area contributed by atoms with E-state index in [1.54, 1.807) is 62.6 Å². The Labute approximate surface area is 140 Å². The van der Waals surface area contributed by atoms with Gasteiger partial charge in [-0.2, -0.15) is 0 Å². The molecule has 2 aromatic carbocycles. The first-order valence-corrected chi connectivity index (χ1v) is 7.43. The highest BCUT2D eigenvalue weighted by Gasteiger charge is 2.25. The first-order valence-electron chi connectivity index (χ1n) is 7.43. The summed E-state index contributed by atoms with van der Waals surface area (Å²) in [6.45, 7) is 1.50. The number of anilines is 1. The number of amides is 2. The predicted molar refractivity (Wildman–Crippen MR) is 90.6 cm³/mol. The standard InChI is InChI=1S/C18H20N2O4/c1-18(23,13-6-4-3-5-7-13)12-19-16(21)17(22)20-14-8-10-15(24-2)11-9-14/h3-11,23H,12H2,1-2H3,(H,19,21)(H,20,22)/t18-/m0/s1. The molecule has 0 aromatic heterocycles. The van der Waals surface area contributed by atoms with Crippen molar-refractivity contribution < 1.29 is 19.4 Å². The van der Waals surface area contributed by atoms with Crippen molar-refractivity contribution in [2.24, 2.45) is 0 Å². The number of ether oxygens (including phenoxy) is 1. The molecule has 2 amide bonds. The molecule has 3 N–H and O–H groups in total. The highest BCUT2D eigenvalue weighted by Crippen LogP contribution is 2.19. The molecule has 2 rings (SSSR count). The molecule has 126 valence electrons. The van der Waals surface area contributed by atoms with Gasteiger partial charge in [-0.1, -0.05) is 30.3 Å². The van der Waals surface area contributed by atoms with E-state index in [0.29, 0.717) is 17.0 Å². The summed E-state index contributed by atoms with van der Waals surface area (Å²) in [6.07, 6.45) is 0. The third kappa shape index (κ3) is 4.57. The highest BCUT2D eigenvalue weighted by molar-refractivity contribution is 6.39. The van der Waals surface area contributed by atoms with Crippen molar-refractivity contribution in [2.45, 2.75) is 12.5 Å². The lowest BCUT2D eigenvalue weighted by Gasteiger charge is -2.24. The molecule has 0 bridgehead atoms. The predicted octanol–water partition coefficient (Wildman–Crippen LogP) is 1.66. The fourth-order valence-corrected chi connectivity index (χ4v) is 2.09. The van der Waals surface area contributed by atoms with E-state index in [-0.39, 0.29) is 6.54 Å². The van der Waals surface area contributed by atoms with Crippen molar-refractivity contribution in [3.05, 3.63) is 60.2 Å². The molecule has 0 saturated carbocycles. The Morgan fingerprint density at radius 2 is 1.67 bits per heavy atom. The topological polar surface area (TPSA) is 87.7 Å². The SMILES string of the molecule is COc1ccc(NC(=O)C(=O)NC[C@](C)(O)c2ccccc2)cc1. The zero-order chi connectivity index (χ0) is 17.6. The second kappa shape index (κ2) is 7.61. The van der Waals surface area contributed by atoms with Gasteiger partial charge < -0.3 is 20.5 Å². The lowest BCUT2D eigenvalue weighted by atomic mass is 9.96. The molecule has 0 saturated heterocycles. The second-order valence-corrected chi connectivity index (χ2v) is 5.51. The number of nitrogens with one attached hydrogen (secondary N) is 2. The summed E-state index contributed by atoms with van der Waals surface area (Å²) in [6, 6.07) is 15.5. The fourth-order valence-electron chi connectivity index (χ4n) is 2.09. The van der Waals surface area contributed by atoms with Crippen LogP contribution < -0.4 is 15.4 Å².